The van der Waals surface area contributed by atoms with Crippen molar-refractivity contribution in [3.8, 4) is 0 Å². The van der Waals surface area contributed by atoms with Crippen LogP contribution in [0, 0.1) is 5.92 Å². The van der Waals surface area contributed by atoms with E-state index in [4.69, 9.17) is 17.3 Å². The predicted octanol–water partition coefficient (Wildman–Crippen LogP) is 4.39. The molecule has 26 heavy (non-hydrogen) atoms. The zero-order valence-electron chi connectivity index (χ0n) is 14.9. The summed E-state index contributed by atoms with van der Waals surface area (Å²) in [5.74, 6) is 0.769. The number of rotatable bonds is 4. The van der Waals surface area contributed by atoms with Crippen molar-refractivity contribution >= 4 is 17.3 Å². The zero-order chi connectivity index (χ0) is 18.7. The van der Waals surface area contributed by atoms with Crippen LogP contribution in [0.3, 0.4) is 0 Å². The van der Waals surface area contributed by atoms with Crippen molar-refractivity contribution in [2.24, 2.45) is 11.7 Å². The molecule has 1 saturated carbocycles. The Hall–Kier alpha value is -0.980. The van der Waals surface area contributed by atoms with Gasteiger partial charge in [-0.05, 0) is 56.7 Å². The van der Waals surface area contributed by atoms with Gasteiger partial charge < -0.3 is 10.6 Å². The topological polar surface area (TPSA) is 32.5 Å². The lowest BCUT2D eigenvalue weighted by molar-refractivity contribution is -0.137. The summed E-state index contributed by atoms with van der Waals surface area (Å²) in [5, 5.41) is -0.188. The standard InChI is InChI=1S/C19H27ClF3N3/c20-18-16(19(21,22)23)2-1-3-17(18)26-12-10-25(11-13-26)9-8-14-4-6-15(24)7-5-14/h1-3,14-15H,4-13,24H2/t14-,15-. The van der Waals surface area contributed by atoms with Crippen LogP contribution in [0.2, 0.25) is 5.02 Å². The van der Waals surface area contributed by atoms with E-state index >= 15 is 0 Å². The Labute approximate surface area is 158 Å². The summed E-state index contributed by atoms with van der Waals surface area (Å²) in [5.41, 5.74) is 5.69. The molecule has 146 valence electrons. The smallest absolute Gasteiger partial charge is 0.368 e. The molecule has 2 fully saturated rings. The molecule has 1 aromatic rings. The van der Waals surface area contributed by atoms with E-state index < -0.39 is 11.7 Å². The van der Waals surface area contributed by atoms with Gasteiger partial charge in [0.2, 0.25) is 0 Å². The van der Waals surface area contributed by atoms with E-state index in [0.29, 0.717) is 24.8 Å². The summed E-state index contributed by atoms with van der Waals surface area (Å²) >= 11 is 6.05. The van der Waals surface area contributed by atoms with Crippen LogP contribution in [0.5, 0.6) is 0 Å². The minimum absolute atomic E-state index is 0.188. The SMILES string of the molecule is N[C@H]1CC[C@H](CCN2CCN(c3cccc(C(F)(F)F)c3Cl)CC2)CC1. The van der Waals surface area contributed by atoms with Gasteiger partial charge in [0.05, 0.1) is 16.3 Å². The number of benzene rings is 1. The first-order valence-corrected chi connectivity index (χ1v) is 9.81. The van der Waals surface area contributed by atoms with Crippen molar-refractivity contribution in [3.05, 3.63) is 28.8 Å². The van der Waals surface area contributed by atoms with Crippen molar-refractivity contribution in [2.75, 3.05) is 37.6 Å². The molecule has 0 unspecified atom stereocenters. The van der Waals surface area contributed by atoms with Gasteiger partial charge in [0.25, 0.3) is 0 Å². The molecule has 7 heteroatoms. The maximum absolute atomic E-state index is 13.0. The molecule has 0 aromatic heterocycles. The minimum atomic E-state index is -4.42. The molecule has 1 aliphatic heterocycles. The average Bonchev–Trinajstić information content (AvgIpc) is 2.61. The molecular formula is C19H27ClF3N3. The summed E-state index contributed by atoms with van der Waals surface area (Å²) in [4.78, 5) is 4.38. The molecule has 1 aromatic carbocycles. The maximum atomic E-state index is 13.0. The summed E-state index contributed by atoms with van der Waals surface area (Å²) in [6.45, 7) is 4.19. The van der Waals surface area contributed by atoms with Crippen LogP contribution in [-0.2, 0) is 6.18 Å². The number of hydrogen-bond acceptors (Lipinski definition) is 3. The van der Waals surface area contributed by atoms with Crippen molar-refractivity contribution in [1.29, 1.82) is 0 Å². The van der Waals surface area contributed by atoms with Crippen LogP contribution >= 0.6 is 11.6 Å². The summed E-state index contributed by atoms with van der Waals surface area (Å²) in [7, 11) is 0. The van der Waals surface area contributed by atoms with Gasteiger partial charge in [-0.3, -0.25) is 4.90 Å². The third-order valence-electron chi connectivity index (χ3n) is 5.74. The van der Waals surface area contributed by atoms with Crippen LogP contribution in [0.4, 0.5) is 18.9 Å². The van der Waals surface area contributed by atoms with Crippen molar-refractivity contribution in [1.82, 2.24) is 4.90 Å². The quantitative estimate of drug-likeness (QED) is 0.829. The van der Waals surface area contributed by atoms with E-state index in [1.165, 1.54) is 25.3 Å². The molecule has 1 aliphatic carbocycles. The second kappa shape index (κ2) is 8.36. The highest BCUT2D eigenvalue weighted by molar-refractivity contribution is 6.34. The molecular weight excluding hydrogens is 363 g/mol. The first-order chi connectivity index (χ1) is 12.3. The fourth-order valence-electron chi connectivity index (χ4n) is 4.04. The monoisotopic (exact) mass is 389 g/mol. The third kappa shape index (κ3) is 4.84. The van der Waals surface area contributed by atoms with E-state index in [-0.39, 0.29) is 5.02 Å². The minimum Gasteiger partial charge on any atom is -0.368 e. The largest absolute Gasteiger partial charge is 0.417 e. The highest BCUT2D eigenvalue weighted by Gasteiger charge is 2.34. The van der Waals surface area contributed by atoms with E-state index in [0.717, 1.165) is 44.5 Å². The van der Waals surface area contributed by atoms with Gasteiger partial charge in [0.1, 0.15) is 0 Å². The van der Waals surface area contributed by atoms with Crippen LogP contribution in [0.25, 0.3) is 0 Å². The van der Waals surface area contributed by atoms with Crippen LogP contribution in [-0.4, -0.2) is 43.7 Å². The fourth-order valence-corrected chi connectivity index (χ4v) is 4.39. The number of anilines is 1. The summed E-state index contributed by atoms with van der Waals surface area (Å²) in [6.07, 6.45) is 1.48. The Balaban J connectivity index is 1.51. The van der Waals surface area contributed by atoms with Gasteiger partial charge in [-0.25, -0.2) is 0 Å². The second-order valence-electron chi connectivity index (χ2n) is 7.53. The lowest BCUT2D eigenvalue weighted by atomic mass is 9.84. The molecule has 1 heterocycles. The van der Waals surface area contributed by atoms with E-state index in [1.54, 1.807) is 6.07 Å². The highest BCUT2D eigenvalue weighted by Crippen LogP contribution is 2.39. The molecule has 0 radical (unpaired) electrons. The van der Waals surface area contributed by atoms with E-state index in [9.17, 15) is 13.2 Å². The lowest BCUT2D eigenvalue weighted by Gasteiger charge is -2.37. The number of halogens is 4. The molecule has 0 spiro atoms. The molecule has 0 atom stereocenters. The molecule has 3 nitrogen and oxygen atoms in total. The van der Waals surface area contributed by atoms with E-state index in [2.05, 4.69) is 4.90 Å². The molecule has 2 N–H and O–H groups in total. The summed E-state index contributed by atoms with van der Waals surface area (Å²) < 4.78 is 39.1. The van der Waals surface area contributed by atoms with Crippen molar-refractivity contribution < 1.29 is 13.2 Å². The lowest BCUT2D eigenvalue weighted by Crippen LogP contribution is -2.47. The molecule has 3 rings (SSSR count). The molecule has 1 saturated heterocycles. The number of nitrogens with two attached hydrogens (primary N) is 1. The van der Waals surface area contributed by atoms with E-state index in [1.807, 2.05) is 4.90 Å². The predicted molar refractivity (Wildman–Crippen MR) is 99.7 cm³/mol. The number of piperazine rings is 1. The Bertz CT molecular complexity index is 592. The number of nitrogens with zero attached hydrogens (tertiary/aromatic N) is 2. The van der Waals surface area contributed by atoms with Crippen molar-refractivity contribution in [3.63, 3.8) is 0 Å². The van der Waals surface area contributed by atoms with Gasteiger partial charge in [0, 0.05) is 32.2 Å². The van der Waals surface area contributed by atoms with Gasteiger partial charge >= 0.3 is 6.18 Å². The highest BCUT2D eigenvalue weighted by atomic mass is 35.5. The average molecular weight is 390 g/mol. The fraction of sp³-hybridized carbons (Fsp3) is 0.684. The summed E-state index contributed by atoms with van der Waals surface area (Å²) in [6, 6.07) is 4.54. The number of alkyl halides is 3. The van der Waals surface area contributed by atoms with Crippen molar-refractivity contribution in [2.45, 2.75) is 44.3 Å². The van der Waals surface area contributed by atoms with Crippen LogP contribution in [0.1, 0.15) is 37.7 Å². The first-order valence-electron chi connectivity index (χ1n) is 9.43. The van der Waals surface area contributed by atoms with Gasteiger partial charge in [0.15, 0.2) is 0 Å². The van der Waals surface area contributed by atoms with Crippen LogP contribution in [0.15, 0.2) is 18.2 Å². The van der Waals surface area contributed by atoms with Gasteiger partial charge in [-0.15, -0.1) is 0 Å². The number of hydrogen-bond donors (Lipinski definition) is 1. The normalized spacial score (nSPS) is 25.5. The maximum Gasteiger partial charge on any atom is 0.417 e. The molecule has 0 amide bonds. The Kier molecular flexibility index (Phi) is 6.36. The third-order valence-corrected chi connectivity index (χ3v) is 6.14. The Morgan fingerprint density at radius 3 is 2.31 bits per heavy atom. The zero-order valence-corrected chi connectivity index (χ0v) is 15.7. The van der Waals surface area contributed by atoms with Gasteiger partial charge in [-0.2, -0.15) is 13.2 Å². The Morgan fingerprint density at radius 1 is 1.04 bits per heavy atom. The molecule has 2 aliphatic rings. The molecule has 0 bridgehead atoms. The van der Waals surface area contributed by atoms with Crippen LogP contribution < -0.4 is 10.6 Å². The second-order valence-corrected chi connectivity index (χ2v) is 7.91. The van der Waals surface area contributed by atoms with Gasteiger partial charge in [-0.1, -0.05) is 17.7 Å². The Morgan fingerprint density at radius 2 is 1.69 bits per heavy atom. The first kappa shape index (κ1) is 19.8.